The number of hydrogen-bond donors (Lipinski definition) is 0. The highest BCUT2D eigenvalue weighted by Gasteiger charge is 2.45. The fourth-order valence-electron chi connectivity index (χ4n) is 2.21. The number of rotatable bonds is 4. The highest BCUT2D eigenvalue weighted by atomic mass is 32.2. The molecule has 0 N–H and O–H groups in total. The molecule has 0 aromatic rings. The lowest BCUT2D eigenvalue weighted by molar-refractivity contribution is -0.129. The number of carbonyl (C=O) groups is 1. The Kier molecular flexibility index (Phi) is 4.00. The van der Waals surface area contributed by atoms with Crippen molar-refractivity contribution in [3.63, 3.8) is 0 Å². The zero-order chi connectivity index (χ0) is 12.5. The summed E-state index contributed by atoms with van der Waals surface area (Å²) < 4.78 is 0. The van der Waals surface area contributed by atoms with E-state index in [0.29, 0.717) is 11.3 Å². The molecular formula is C12H23N3OS. The summed E-state index contributed by atoms with van der Waals surface area (Å²) in [5.74, 6) is 1.52. The third kappa shape index (κ3) is 3.36. The van der Waals surface area contributed by atoms with Crippen LogP contribution >= 0.6 is 11.8 Å². The highest BCUT2D eigenvalue weighted by molar-refractivity contribution is 8.07. The van der Waals surface area contributed by atoms with Gasteiger partial charge < -0.3 is 9.80 Å². The van der Waals surface area contributed by atoms with Gasteiger partial charge in [0.2, 0.25) is 5.91 Å². The molecule has 2 aliphatic heterocycles. The summed E-state index contributed by atoms with van der Waals surface area (Å²) in [5, 5.41) is 0. The Labute approximate surface area is 108 Å². The van der Waals surface area contributed by atoms with Gasteiger partial charge >= 0.3 is 0 Å². The Bertz CT molecular complexity index is 283. The minimum Gasteiger partial charge on any atom is -0.349 e. The molecule has 2 heterocycles. The van der Waals surface area contributed by atoms with Crippen molar-refractivity contribution in [2.75, 3.05) is 52.6 Å². The van der Waals surface area contributed by atoms with Crippen LogP contribution in [0.3, 0.4) is 0 Å². The second kappa shape index (κ2) is 5.16. The largest absolute Gasteiger partial charge is 0.349 e. The number of piperazine rings is 1. The SMILES string of the molecule is CN(C)C(=O)CCN1CCN(C2(C)CS2)CC1. The summed E-state index contributed by atoms with van der Waals surface area (Å²) in [6, 6.07) is 0. The minimum absolute atomic E-state index is 0.233. The summed E-state index contributed by atoms with van der Waals surface area (Å²) in [4.78, 5) is 18.6. The van der Waals surface area contributed by atoms with Gasteiger partial charge in [0.1, 0.15) is 0 Å². The highest BCUT2D eigenvalue weighted by Crippen LogP contribution is 2.47. The third-order valence-corrected chi connectivity index (χ3v) is 5.13. The molecule has 0 aliphatic carbocycles. The first-order valence-corrected chi connectivity index (χ1v) is 7.31. The predicted molar refractivity (Wildman–Crippen MR) is 72.2 cm³/mol. The molecule has 0 saturated carbocycles. The van der Waals surface area contributed by atoms with Crippen molar-refractivity contribution in [3.8, 4) is 0 Å². The van der Waals surface area contributed by atoms with Crippen molar-refractivity contribution in [2.45, 2.75) is 18.2 Å². The van der Waals surface area contributed by atoms with E-state index in [4.69, 9.17) is 0 Å². The lowest BCUT2D eigenvalue weighted by Gasteiger charge is -2.37. The summed E-state index contributed by atoms with van der Waals surface area (Å²) in [6.07, 6.45) is 0.652. The monoisotopic (exact) mass is 257 g/mol. The number of carbonyl (C=O) groups excluding carboxylic acids is 1. The molecule has 1 amide bonds. The van der Waals surface area contributed by atoms with Gasteiger partial charge in [0.25, 0.3) is 0 Å². The zero-order valence-electron chi connectivity index (χ0n) is 11.1. The van der Waals surface area contributed by atoms with Crippen molar-refractivity contribution in [3.05, 3.63) is 0 Å². The standard InChI is InChI=1S/C12H23N3OS/c1-12(10-17-12)15-8-6-14(7-9-15)5-4-11(16)13(2)3/h4-10H2,1-3H3. The van der Waals surface area contributed by atoms with Crippen molar-refractivity contribution in [1.29, 1.82) is 0 Å². The average Bonchev–Trinajstić information content (AvgIpc) is 3.06. The molecule has 0 aromatic heterocycles. The third-order valence-electron chi connectivity index (χ3n) is 3.74. The molecule has 2 saturated heterocycles. The number of thioether (sulfide) groups is 1. The van der Waals surface area contributed by atoms with Gasteiger partial charge in [-0.15, -0.1) is 11.8 Å². The first-order chi connectivity index (χ1) is 8.01. The fourth-order valence-corrected chi connectivity index (χ4v) is 2.97. The van der Waals surface area contributed by atoms with Crippen molar-refractivity contribution < 1.29 is 4.79 Å². The van der Waals surface area contributed by atoms with Crippen molar-refractivity contribution in [1.82, 2.24) is 14.7 Å². The van der Waals surface area contributed by atoms with Gasteiger partial charge in [0.15, 0.2) is 0 Å². The van der Waals surface area contributed by atoms with E-state index in [-0.39, 0.29) is 5.91 Å². The molecule has 0 aromatic carbocycles. The summed E-state index contributed by atoms with van der Waals surface area (Å²) in [6.45, 7) is 7.77. The first kappa shape index (κ1) is 13.2. The zero-order valence-corrected chi connectivity index (χ0v) is 11.9. The van der Waals surface area contributed by atoms with E-state index in [9.17, 15) is 4.79 Å². The van der Waals surface area contributed by atoms with E-state index in [0.717, 1.165) is 32.7 Å². The molecule has 0 bridgehead atoms. The molecule has 2 fully saturated rings. The maximum Gasteiger partial charge on any atom is 0.223 e. The van der Waals surface area contributed by atoms with Crippen LogP contribution in [0, 0.1) is 0 Å². The van der Waals surface area contributed by atoms with E-state index in [1.54, 1.807) is 4.90 Å². The Morgan fingerprint density at radius 2 is 1.88 bits per heavy atom. The van der Waals surface area contributed by atoms with E-state index in [2.05, 4.69) is 16.7 Å². The molecule has 1 atom stereocenters. The van der Waals surface area contributed by atoms with Crippen molar-refractivity contribution in [2.24, 2.45) is 0 Å². The molecule has 4 nitrogen and oxygen atoms in total. The van der Waals surface area contributed by atoms with Crippen molar-refractivity contribution >= 4 is 17.7 Å². The lowest BCUT2D eigenvalue weighted by atomic mass is 10.2. The van der Waals surface area contributed by atoms with Gasteiger partial charge in [0, 0.05) is 59.0 Å². The van der Waals surface area contributed by atoms with Gasteiger partial charge in [-0.25, -0.2) is 0 Å². The van der Waals surface area contributed by atoms with Crippen LogP contribution in [0.15, 0.2) is 0 Å². The van der Waals surface area contributed by atoms with Crippen LogP contribution in [0.4, 0.5) is 0 Å². The van der Waals surface area contributed by atoms with E-state index >= 15 is 0 Å². The summed E-state index contributed by atoms with van der Waals surface area (Å²) in [7, 11) is 3.65. The Morgan fingerprint density at radius 3 is 2.35 bits per heavy atom. The van der Waals surface area contributed by atoms with Crippen LogP contribution in [0.25, 0.3) is 0 Å². The Morgan fingerprint density at radius 1 is 1.29 bits per heavy atom. The molecular weight excluding hydrogens is 234 g/mol. The molecule has 17 heavy (non-hydrogen) atoms. The molecule has 2 rings (SSSR count). The quantitative estimate of drug-likeness (QED) is 0.687. The fraction of sp³-hybridized carbons (Fsp3) is 0.917. The van der Waals surface area contributed by atoms with E-state index < -0.39 is 0 Å². The van der Waals surface area contributed by atoms with Gasteiger partial charge in [-0.05, 0) is 6.92 Å². The minimum atomic E-state index is 0.233. The Balaban J connectivity index is 1.67. The normalized spacial score (nSPS) is 30.3. The maximum atomic E-state index is 11.5. The molecule has 98 valence electrons. The number of hydrogen-bond acceptors (Lipinski definition) is 4. The summed E-state index contributed by atoms with van der Waals surface area (Å²) in [5.41, 5.74) is 0. The molecule has 1 unspecified atom stereocenters. The number of nitrogens with zero attached hydrogens (tertiary/aromatic N) is 3. The van der Waals surface area contributed by atoms with Crippen LogP contribution in [0.5, 0.6) is 0 Å². The predicted octanol–water partition coefficient (Wildman–Crippen LogP) is 0.545. The van der Waals surface area contributed by atoms with Crippen LogP contribution in [0.2, 0.25) is 0 Å². The van der Waals surface area contributed by atoms with Gasteiger partial charge in [0.05, 0.1) is 4.87 Å². The van der Waals surface area contributed by atoms with E-state index in [1.807, 2.05) is 25.9 Å². The van der Waals surface area contributed by atoms with Crippen LogP contribution < -0.4 is 0 Å². The number of amides is 1. The van der Waals surface area contributed by atoms with Crippen LogP contribution in [-0.2, 0) is 4.79 Å². The average molecular weight is 257 g/mol. The first-order valence-electron chi connectivity index (χ1n) is 6.33. The second-order valence-electron chi connectivity index (χ2n) is 5.33. The van der Waals surface area contributed by atoms with Gasteiger partial charge in [-0.3, -0.25) is 9.69 Å². The Hall–Kier alpha value is -0.260. The van der Waals surface area contributed by atoms with Gasteiger partial charge in [-0.2, -0.15) is 0 Å². The topological polar surface area (TPSA) is 26.8 Å². The smallest absolute Gasteiger partial charge is 0.223 e. The molecule has 0 radical (unpaired) electrons. The van der Waals surface area contributed by atoms with Crippen LogP contribution in [-0.4, -0.2) is 78.0 Å². The second-order valence-corrected chi connectivity index (χ2v) is 6.79. The summed E-state index contributed by atoms with van der Waals surface area (Å²) >= 11 is 2.05. The van der Waals surface area contributed by atoms with E-state index in [1.165, 1.54) is 5.75 Å². The van der Waals surface area contributed by atoms with Gasteiger partial charge in [-0.1, -0.05) is 0 Å². The molecule has 5 heteroatoms. The lowest BCUT2D eigenvalue weighted by Crippen LogP contribution is -2.51. The van der Waals surface area contributed by atoms with Crippen LogP contribution in [0.1, 0.15) is 13.3 Å². The molecule has 0 spiro atoms. The molecule has 2 aliphatic rings. The maximum absolute atomic E-state index is 11.5.